The number of benzene rings is 1. The Hall–Kier alpha value is -2.63. The van der Waals surface area contributed by atoms with Gasteiger partial charge in [-0.05, 0) is 49.6 Å². The predicted octanol–water partition coefficient (Wildman–Crippen LogP) is 1.95. The van der Waals surface area contributed by atoms with Gasteiger partial charge in [-0.2, -0.15) is 5.10 Å². The van der Waals surface area contributed by atoms with Crippen molar-refractivity contribution in [2.75, 3.05) is 6.54 Å². The van der Waals surface area contributed by atoms with Crippen molar-refractivity contribution >= 4 is 11.9 Å². The summed E-state index contributed by atoms with van der Waals surface area (Å²) in [6, 6.07) is 8.15. The summed E-state index contributed by atoms with van der Waals surface area (Å²) >= 11 is 0. The van der Waals surface area contributed by atoms with Crippen molar-refractivity contribution in [2.24, 2.45) is 0 Å². The fraction of sp³-hybridized carbons (Fsp3) is 0.312. The van der Waals surface area contributed by atoms with Crippen molar-refractivity contribution in [3.63, 3.8) is 0 Å². The van der Waals surface area contributed by atoms with Gasteiger partial charge >= 0.3 is 5.97 Å². The lowest BCUT2D eigenvalue weighted by Crippen LogP contribution is -2.47. The first-order chi connectivity index (χ1) is 10.7. The van der Waals surface area contributed by atoms with E-state index in [1.54, 1.807) is 35.1 Å². The molecule has 1 N–H and O–H groups in total. The molecule has 2 heterocycles. The maximum atomic E-state index is 12.6. The molecule has 6 nitrogen and oxygen atoms in total. The molecule has 2 aromatic rings. The molecule has 0 bridgehead atoms. The molecule has 1 aromatic carbocycles. The largest absolute Gasteiger partial charge is 0.480 e. The quantitative estimate of drug-likeness (QED) is 0.940. The number of hydrogen-bond donors (Lipinski definition) is 1. The summed E-state index contributed by atoms with van der Waals surface area (Å²) in [5.41, 5.74) is 1.36. The SMILES string of the molecule is O=C(O)[C@@H]1CCCCN1C(=O)c1ccc(-n2cccn2)cc1. The molecule has 3 rings (SSSR count). The summed E-state index contributed by atoms with van der Waals surface area (Å²) in [4.78, 5) is 25.3. The Bertz CT molecular complexity index is 664. The van der Waals surface area contributed by atoms with E-state index >= 15 is 0 Å². The number of carboxylic acid groups (broad SMARTS) is 1. The van der Waals surface area contributed by atoms with Crippen LogP contribution >= 0.6 is 0 Å². The molecule has 0 unspecified atom stereocenters. The van der Waals surface area contributed by atoms with Crippen molar-refractivity contribution in [1.29, 1.82) is 0 Å². The summed E-state index contributed by atoms with van der Waals surface area (Å²) in [6.07, 6.45) is 5.72. The molecule has 1 saturated heterocycles. The van der Waals surface area contributed by atoms with Crippen LogP contribution in [-0.4, -0.2) is 44.3 Å². The second-order valence-electron chi connectivity index (χ2n) is 5.35. The molecular formula is C16H17N3O3. The van der Waals surface area contributed by atoms with E-state index in [1.165, 1.54) is 4.90 Å². The van der Waals surface area contributed by atoms with Crippen molar-refractivity contribution < 1.29 is 14.7 Å². The van der Waals surface area contributed by atoms with Gasteiger partial charge in [0.1, 0.15) is 6.04 Å². The highest BCUT2D eigenvalue weighted by Crippen LogP contribution is 2.20. The number of carbonyl (C=O) groups is 2. The lowest BCUT2D eigenvalue weighted by molar-refractivity contribution is -0.143. The van der Waals surface area contributed by atoms with Crippen molar-refractivity contribution in [3.05, 3.63) is 48.3 Å². The Morgan fingerprint density at radius 2 is 1.95 bits per heavy atom. The van der Waals surface area contributed by atoms with E-state index in [0.29, 0.717) is 18.5 Å². The Morgan fingerprint density at radius 3 is 2.59 bits per heavy atom. The minimum atomic E-state index is -0.929. The van der Waals surface area contributed by atoms with Gasteiger partial charge in [0.15, 0.2) is 0 Å². The first-order valence-corrected chi connectivity index (χ1v) is 7.30. The molecule has 0 saturated carbocycles. The maximum absolute atomic E-state index is 12.6. The summed E-state index contributed by atoms with van der Waals surface area (Å²) in [5.74, 6) is -1.15. The number of nitrogens with zero attached hydrogens (tertiary/aromatic N) is 3. The van der Waals surface area contributed by atoms with Crippen LogP contribution in [0.25, 0.3) is 5.69 Å². The van der Waals surface area contributed by atoms with Gasteiger partial charge in [0.2, 0.25) is 0 Å². The highest BCUT2D eigenvalue weighted by Gasteiger charge is 2.32. The molecular weight excluding hydrogens is 282 g/mol. The van der Waals surface area contributed by atoms with Gasteiger partial charge in [-0.15, -0.1) is 0 Å². The molecule has 1 amide bonds. The molecule has 0 spiro atoms. The smallest absolute Gasteiger partial charge is 0.326 e. The van der Waals surface area contributed by atoms with Gasteiger partial charge in [-0.3, -0.25) is 4.79 Å². The molecule has 1 atom stereocenters. The predicted molar refractivity (Wildman–Crippen MR) is 79.9 cm³/mol. The second kappa shape index (κ2) is 6.01. The highest BCUT2D eigenvalue weighted by molar-refractivity contribution is 5.96. The van der Waals surface area contributed by atoms with Crippen LogP contribution in [0.5, 0.6) is 0 Å². The van der Waals surface area contributed by atoms with Crippen LogP contribution in [0.3, 0.4) is 0 Å². The van der Waals surface area contributed by atoms with Crippen LogP contribution in [0.15, 0.2) is 42.7 Å². The number of amides is 1. The third kappa shape index (κ3) is 2.72. The Balaban J connectivity index is 1.81. The van der Waals surface area contributed by atoms with E-state index in [-0.39, 0.29) is 5.91 Å². The van der Waals surface area contributed by atoms with E-state index in [2.05, 4.69) is 5.10 Å². The second-order valence-corrected chi connectivity index (χ2v) is 5.35. The third-order valence-electron chi connectivity index (χ3n) is 3.93. The zero-order chi connectivity index (χ0) is 15.5. The van der Waals surface area contributed by atoms with Crippen LogP contribution in [0, 0.1) is 0 Å². The van der Waals surface area contributed by atoms with Crippen LogP contribution in [0.1, 0.15) is 29.6 Å². The van der Waals surface area contributed by atoms with Gasteiger partial charge in [0, 0.05) is 24.5 Å². The first-order valence-electron chi connectivity index (χ1n) is 7.30. The Labute approximate surface area is 128 Å². The summed E-state index contributed by atoms with van der Waals surface area (Å²) in [6.45, 7) is 0.497. The van der Waals surface area contributed by atoms with Crippen molar-refractivity contribution in [1.82, 2.24) is 14.7 Å². The lowest BCUT2D eigenvalue weighted by Gasteiger charge is -2.33. The topological polar surface area (TPSA) is 75.4 Å². The van der Waals surface area contributed by atoms with Crippen molar-refractivity contribution in [3.8, 4) is 5.69 Å². The number of carbonyl (C=O) groups excluding carboxylic acids is 1. The molecule has 22 heavy (non-hydrogen) atoms. The molecule has 1 fully saturated rings. The third-order valence-corrected chi connectivity index (χ3v) is 3.93. The van der Waals surface area contributed by atoms with Gasteiger partial charge in [0.25, 0.3) is 5.91 Å². The maximum Gasteiger partial charge on any atom is 0.326 e. The van der Waals surface area contributed by atoms with E-state index in [4.69, 9.17) is 0 Å². The van der Waals surface area contributed by atoms with Crippen molar-refractivity contribution in [2.45, 2.75) is 25.3 Å². The molecule has 1 aliphatic rings. The molecule has 0 aliphatic carbocycles. The summed E-state index contributed by atoms with van der Waals surface area (Å²) in [7, 11) is 0. The fourth-order valence-electron chi connectivity index (χ4n) is 2.78. The van der Waals surface area contributed by atoms with Gasteiger partial charge in [-0.25, -0.2) is 9.48 Å². The Kier molecular flexibility index (Phi) is 3.91. The summed E-state index contributed by atoms with van der Waals surface area (Å²) < 4.78 is 1.70. The molecule has 114 valence electrons. The molecule has 1 aliphatic heterocycles. The molecule has 1 aromatic heterocycles. The van der Waals surface area contributed by atoms with E-state index in [1.807, 2.05) is 12.3 Å². The minimum Gasteiger partial charge on any atom is -0.480 e. The van der Waals surface area contributed by atoms with Crippen LogP contribution in [-0.2, 0) is 4.79 Å². The van der Waals surface area contributed by atoms with Gasteiger partial charge in [-0.1, -0.05) is 0 Å². The number of rotatable bonds is 3. The Morgan fingerprint density at radius 1 is 1.18 bits per heavy atom. The monoisotopic (exact) mass is 299 g/mol. The number of aliphatic carboxylic acids is 1. The molecule has 6 heteroatoms. The van der Waals surface area contributed by atoms with E-state index < -0.39 is 12.0 Å². The normalized spacial score (nSPS) is 18.2. The number of hydrogen-bond acceptors (Lipinski definition) is 3. The van der Waals surface area contributed by atoms with Gasteiger partial charge in [0.05, 0.1) is 5.69 Å². The van der Waals surface area contributed by atoms with Crippen LogP contribution in [0.2, 0.25) is 0 Å². The number of likely N-dealkylation sites (tertiary alicyclic amines) is 1. The number of aromatic nitrogens is 2. The average molecular weight is 299 g/mol. The average Bonchev–Trinajstić information content (AvgIpc) is 3.09. The van der Waals surface area contributed by atoms with E-state index in [9.17, 15) is 14.7 Å². The zero-order valence-electron chi connectivity index (χ0n) is 12.1. The molecule has 0 radical (unpaired) electrons. The summed E-state index contributed by atoms with van der Waals surface area (Å²) in [5, 5.41) is 13.4. The van der Waals surface area contributed by atoms with Gasteiger partial charge < -0.3 is 10.0 Å². The van der Waals surface area contributed by atoms with Crippen LogP contribution < -0.4 is 0 Å². The van der Waals surface area contributed by atoms with Crippen LogP contribution in [0.4, 0.5) is 0 Å². The fourth-order valence-corrected chi connectivity index (χ4v) is 2.78. The highest BCUT2D eigenvalue weighted by atomic mass is 16.4. The minimum absolute atomic E-state index is 0.223. The number of piperidine rings is 1. The zero-order valence-corrected chi connectivity index (χ0v) is 12.1. The first kappa shape index (κ1) is 14.3. The number of carboxylic acids is 1. The lowest BCUT2D eigenvalue weighted by atomic mass is 10.0. The van der Waals surface area contributed by atoms with E-state index in [0.717, 1.165) is 18.5 Å². The standard InChI is InChI=1S/C16H17N3O3/c20-15(18-10-2-1-4-14(18)16(21)22)12-5-7-13(8-6-12)19-11-3-9-17-19/h3,5-9,11,14H,1-2,4,10H2,(H,21,22)/t14-/m0/s1.